The van der Waals surface area contributed by atoms with Crippen molar-refractivity contribution in [2.24, 2.45) is 0 Å². The van der Waals surface area contributed by atoms with Gasteiger partial charge in [0.2, 0.25) is 0 Å². The van der Waals surface area contributed by atoms with Crippen molar-refractivity contribution in [1.82, 2.24) is 0 Å². The van der Waals surface area contributed by atoms with E-state index < -0.39 is 16.9 Å². The van der Waals surface area contributed by atoms with Crippen LogP contribution < -0.4 is 0 Å². The Balaban J connectivity index is 2.10. The number of nitrogens with zero attached hydrogens (tertiary/aromatic N) is 1. The summed E-state index contributed by atoms with van der Waals surface area (Å²) in [5.41, 5.74) is 1.06. The highest BCUT2D eigenvalue weighted by atomic mass is 16.6. The number of para-hydroxylation sites is 1. The molecule has 0 N–H and O–H groups in total. The lowest BCUT2D eigenvalue weighted by molar-refractivity contribution is -0.385. The molecule has 0 aliphatic heterocycles. The maximum absolute atomic E-state index is 12.1. The van der Waals surface area contributed by atoms with E-state index in [4.69, 9.17) is 4.74 Å². The normalized spacial score (nSPS) is 10.1. The van der Waals surface area contributed by atoms with Gasteiger partial charge in [-0.3, -0.25) is 10.1 Å². The third-order valence-electron chi connectivity index (χ3n) is 3.39. The molecule has 0 aliphatic carbocycles. The monoisotopic (exact) mass is 329 g/mol. The van der Waals surface area contributed by atoms with Gasteiger partial charge in [-0.1, -0.05) is 24.3 Å². The number of aryl methyl sites for hydroxylation is 1. The number of nitro benzene ring substituents is 1. The third kappa shape index (κ3) is 3.75. The number of rotatable bonds is 5. The lowest BCUT2D eigenvalue weighted by Gasteiger charge is -2.07. The van der Waals surface area contributed by atoms with Gasteiger partial charge in [-0.15, -0.1) is 0 Å². The van der Waals surface area contributed by atoms with E-state index >= 15 is 0 Å². The summed E-state index contributed by atoms with van der Waals surface area (Å²) < 4.78 is 9.72. The van der Waals surface area contributed by atoms with Crippen molar-refractivity contribution >= 4 is 17.6 Å². The maximum Gasteiger partial charge on any atom is 0.345 e. The number of hydrogen-bond donors (Lipinski definition) is 0. The Morgan fingerprint density at radius 2 is 1.75 bits per heavy atom. The van der Waals surface area contributed by atoms with Crippen LogP contribution in [0.3, 0.4) is 0 Å². The second-order valence-electron chi connectivity index (χ2n) is 4.99. The van der Waals surface area contributed by atoms with Crippen LogP contribution in [0.4, 0.5) is 5.69 Å². The van der Waals surface area contributed by atoms with Crippen molar-refractivity contribution in [1.29, 1.82) is 0 Å². The third-order valence-corrected chi connectivity index (χ3v) is 3.39. The second-order valence-corrected chi connectivity index (χ2v) is 4.99. The Morgan fingerprint density at radius 1 is 1.08 bits per heavy atom. The van der Waals surface area contributed by atoms with Crippen molar-refractivity contribution < 1.29 is 24.0 Å². The summed E-state index contributed by atoms with van der Waals surface area (Å²) >= 11 is 0. The molecular weight excluding hydrogens is 314 g/mol. The van der Waals surface area contributed by atoms with E-state index in [-0.39, 0.29) is 17.9 Å². The Bertz CT molecular complexity index is 782. The number of nitro groups is 1. The minimum Gasteiger partial charge on any atom is -0.465 e. The van der Waals surface area contributed by atoms with Gasteiger partial charge in [0.15, 0.2) is 0 Å². The average Bonchev–Trinajstić information content (AvgIpc) is 2.58. The molecule has 2 aromatic rings. The average molecular weight is 329 g/mol. The lowest BCUT2D eigenvalue weighted by Crippen LogP contribution is -2.09. The molecule has 2 rings (SSSR count). The van der Waals surface area contributed by atoms with Crippen LogP contribution >= 0.6 is 0 Å². The first-order chi connectivity index (χ1) is 11.4. The summed E-state index contributed by atoms with van der Waals surface area (Å²) in [5.74, 6) is -1.24. The molecule has 124 valence electrons. The van der Waals surface area contributed by atoms with Crippen LogP contribution in [-0.4, -0.2) is 24.0 Å². The maximum atomic E-state index is 12.1. The minimum absolute atomic E-state index is 0.0641. The number of carbonyl (C=O) groups excluding carboxylic acids is 2. The van der Waals surface area contributed by atoms with E-state index in [2.05, 4.69) is 4.74 Å². The zero-order chi connectivity index (χ0) is 17.7. The molecule has 24 heavy (non-hydrogen) atoms. The first-order valence-corrected chi connectivity index (χ1v) is 7.02. The number of ether oxygens (including phenoxy) is 2. The molecule has 0 radical (unpaired) electrons. The molecule has 2 aromatic carbocycles. The lowest BCUT2D eigenvalue weighted by atomic mass is 10.1. The molecule has 0 heterocycles. The van der Waals surface area contributed by atoms with Gasteiger partial charge in [0.25, 0.3) is 5.69 Å². The first kappa shape index (κ1) is 17.1. The molecule has 7 nitrogen and oxygen atoms in total. The summed E-state index contributed by atoms with van der Waals surface area (Å²) in [7, 11) is 1.28. The topological polar surface area (TPSA) is 95.7 Å². The van der Waals surface area contributed by atoms with Gasteiger partial charge < -0.3 is 9.47 Å². The van der Waals surface area contributed by atoms with Crippen molar-refractivity contribution in [3.05, 3.63) is 74.8 Å². The van der Waals surface area contributed by atoms with Crippen molar-refractivity contribution in [3.63, 3.8) is 0 Å². The molecule has 7 heteroatoms. The van der Waals surface area contributed by atoms with Crippen molar-refractivity contribution in [2.45, 2.75) is 13.5 Å². The molecule has 0 bridgehead atoms. The van der Waals surface area contributed by atoms with Crippen molar-refractivity contribution in [3.8, 4) is 0 Å². The summed E-state index contributed by atoms with van der Waals surface area (Å²) in [6, 6.07) is 10.8. The minimum atomic E-state index is -0.776. The number of benzene rings is 2. The van der Waals surface area contributed by atoms with E-state index in [1.165, 1.54) is 13.2 Å². The van der Waals surface area contributed by atoms with Crippen LogP contribution in [0.5, 0.6) is 0 Å². The molecule has 0 fully saturated rings. The van der Waals surface area contributed by atoms with Crippen LogP contribution in [0, 0.1) is 17.0 Å². The van der Waals surface area contributed by atoms with E-state index in [9.17, 15) is 19.7 Å². The van der Waals surface area contributed by atoms with Gasteiger partial charge in [-0.2, -0.15) is 0 Å². The molecule has 0 atom stereocenters. The summed E-state index contributed by atoms with van der Waals surface area (Å²) in [5, 5.41) is 11.1. The van der Waals surface area contributed by atoms with Crippen LogP contribution in [0.2, 0.25) is 0 Å². The highest BCUT2D eigenvalue weighted by molar-refractivity contribution is 5.94. The standard InChI is InChI=1S/C17H15NO6/c1-11-4-3-5-14(15(11)18(21)22)17(20)24-10-12-6-8-13(9-7-12)16(19)23-2/h3-9H,10H2,1-2H3. The molecule has 0 amide bonds. The summed E-state index contributed by atoms with van der Waals surface area (Å²) in [6.45, 7) is 1.49. The number of hydrogen-bond acceptors (Lipinski definition) is 6. The molecule has 0 unspecified atom stereocenters. The number of methoxy groups -OCH3 is 1. The Kier molecular flexibility index (Phi) is 5.26. The van der Waals surface area contributed by atoms with E-state index in [0.29, 0.717) is 16.7 Å². The van der Waals surface area contributed by atoms with Crippen molar-refractivity contribution in [2.75, 3.05) is 7.11 Å². The van der Waals surface area contributed by atoms with Crippen LogP contribution in [0.15, 0.2) is 42.5 Å². The molecule has 0 aromatic heterocycles. The van der Waals surface area contributed by atoms with Gasteiger partial charge >= 0.3 is 11.9 Å². The number of esters is 2. The fourth-order valence-corrected chi connectivity index (χ4v) is 2.15. The Labute approximate surface area is 138 Å². The number of carbonyl (C=O) groups is 2. The first-order valence-electron chi connectivity index (χ1n) is 7.02. The smallest absolute Gasteiger partial charge is 0.345 e. The Morgan fingerprint density at radius 3 is 2.33 bits per heavy atom. The zero-order valence-electron chi connectivity index (χ0n) is 13.1. The van der Waals surface area contributed by atoms with Gasteiger partial charge in [0, 0.05) is 5.56 Å². The Hall–Kier alpha value is -3.22. The molecule has 0 spiro atoms. The van der Waals surface area contributed by atoms with Crippen LogP contribution in [0.1, 0.15) is 31.8 Å². The largest absolute Gasteiger partial charge is 0.465 e. The fraction of sp³-hybridized carbons (Fsp3) is 0.176. The van der Waals surface area contributed by atoms with E-state index in [1.54, 1.807) is 43.3 Å². The molecule has 0 saturated carbocycles. The van der Waals surface area contributed by atoms with Gasteiger partial charge in [0.1, 0.15) is 12.2 Å². The summed E-state index contributed by atoms with van der Waals surface area (Å²) in [6.07, 6.45) is 0. The van der Waals surface area contributed by atoms with Crippen LogP contribution in [-0.2, 0) is 16.1 Å². The van der Waals surface area contributed by atoms with E-state index in [0.717, 1.165) is 0 Å². The highest BCUT2D eigenvalue weighted by Crippen LogP contribution is 2.24. The SMILES string of the molecule is COC(=O)c1ccc(COC(=O)c2cccc(C)c2[N+](=O)[O-])cc1. The van der Waals surface area contributed by atoms with Gasteiger partial charge in [-0.05, 0) is 30.7 Å². The zero-order valence-corrected chi connectivity index (χ0v) is 13.1. The predicted octanol–water partition coefficient (Wildman–Crippen LogP) is 3.05. The van der Waals surface area contributed by atoms with Gasteiger partial charge in [0.05, 0.1) is 17.6 Å². The fourth-order valence-electron chi connectivity index (χ4n) is 2.15. The highest BCUT2D eigenvalue weighted by Gasteiger charge is 2.23. The quantitative estimate of drug-likeness (QED) is 0.475. The molecule has 0 saturated heterocycles. The molecular formula is C17H15NO6. The molecule has 0 aliphatic rings. The second kappa shape index (κ2) is 7.36. The van der Waals surface area contributed by atoms with Gasteiger partial charge in [-0.25, -0.2) is 9.59 Å². The predicted molar refractivity (Wildman–Crippen MR) is 84.7 cm³/mol. The van der Waals surface area contributed by atoms with E-state index in [1.807, 2.05) is 0 Å². The summed E-state index contributed by atoms with van der Waals surface area (Å²) in [4.78, 5) is 34.0. The van der Waals surface area contributed by atoms with Crippen LogP contribution in [0.25, 0.3) is 0 Å².